The predicted molar refractivity (Wildman–Crippen MR) is 409 cm³/mol. The second kappa shape index (κ2) is 71.3. The standard InChI is InChI=1S/C81H158O17P2/c1-8-10-11-12-13-14-15-16-17-18-19-20-21-29-34-43-50-57-64-80(85)97-76(68-91-78(83)62-55-48-41-33-28-24-22-26-31-38-45-52-59-72(3)4)70-95-99(87,88)93-66-75(82)67-94-100(89,90)96-71-77(69-92-79(84)63-56-49-42-37-36-40-47-54-61-74(7)9-2)98-81(86)65-58-51-44-35-30-25-23-27-32-39-46-53-60-73(5)6/h72-77,82H,8-71H2,1-7H3,(H,87,88)(H,89,90)/t74?,75-,76-,77-/m1/s1. The lowest BCUT2D eigenvalue weighted by Gasteiger charge is -2.21. The van der Waals surface area contributed by atoms with Crippen molar-refractivity contribution in [3.05, 3.63) is 0 Å². The minimum atomic E-state index is -4.96. The fourth-order valence-electron chi connectivity index (χ4n) is 12.5. The van der Waals surface area contributed by atoms with E-state index in [2.05, 4.69) is 48.5 Å². The summed E-state index contributed by atoms with van der Waals surface area (Å²) < 4.78 is 68.8. The zero-order valence-electron chi connectivity index (χ0n) is 65.7. The summed E-state index contributed by atoms with van der Waals surface area (Å²) >= 11 is 0. The molecule has 0 spiro atoms. The van der Waals surface area contributed by atoms with E-state index in [4.69, 9.17) is 37.0 Å². The molecular weight excluding hydrogens is 1310 g/mol. The number of phosphoric ester groups is 2. The molecule has 3 unspecified atom stereocenters. The van der Waals surface area contributed by atoms with Crippen LogP contribution in [0.3, 0.4) is 0 Å². The first-order valence-corrected chi connectivity index (χ1v) is 44.9. The fourth-order valence-corrected chi connectivity index (χ4v) is 14.0. The Bertz CT molecular complexity index is 1940. The minimum absolute atomic E-state index is 0.106. The van der Waals surface area contributed by atoms with E-state index in [1.54, 1.807) is 0 Å². The van der Waals surface area contributed by atoms with Crippen LogP contribution in [-0.4, -0.2) is 96.7 Å². The number of hydrogen-bond donors (Lipinski definition) is 3. The molecule has 3 N–H and O–H groups in total. The van der Waals surface area contributed by atoms with Gasteiger partial charge in [0.15, 0.2) is 12.2 Å². The van der Waals surface area contributed by atoms with Crippen molar-refractivity contribution in [1.29, 1.82) is 0 Å². The first-order chi connectivity index (χ1) is 48.3. The highest BCUT2D eigenvalue weighted by Gasteiger charge is 2.30. The van der Waals surface area contributed by atoms with Gasteiger partial charge in [0.2, 0.25) is 0 Å². The third kappa shape index (κ3) is 73.0. The van der Waals surface area contributed by atoms with Crippen molar-refractivity contribution in [3.63, 3.8) is 0 Å². The zero-order valence-corrected chi connectivity index (χ0v) is 67.5. The third-order valence-electron chi connectivity index (χ3n) is 19.2. The number of rotatable bonds is 79. The number of carbonyl (C=O) groups excluding carboxylic acids is 4. The van der Waals surface area contributed by atoms with Crippen molar-refractivity contribution >= 4 is 39.5 Å². The van der Waals surface area contributed by atoms with E-state index in [1.807, 2.05) is 0 Å². The number of carbonyl (C=O) groups is 4. The van der Waals surface area contributed by atoms with E-state index in [-0.39, 0.29) is 25.7 Å². The largest absolute Gasteiger partial charge is 0.472 e. The average Bonchev–Trinajstić information content (AvgIpc) is 0.923. The summed E-state index contributed by atoms with van der Waals surface area (Å²) in [5.41, 5.74) is 0. The van der Waals surface area contributed by atoms with Crippen molar-refractivity contribution in [2.75, 3.05) is 39.6 Å². The van der Waals surface area contributed by atoms with E-state index < -0.39 is 97.5 Å². The first-order valence-electron chi connectivity index (χ1n) is 41.9. The van der Waals surface area contributed by atoms with Crippen LogP contribution in [0.1, 0.15) is 421 Å². The molecule has 0 aromatic rings. The summed E-state index contributed by atoms with van der Waals surface area (Å²) in [5, 5.41) is 10.6. The highest BCUT2D eigenvalue weighted by molar-refractivity contribution is 7.47. The molecule has 19 heteroatoms. The van der Waals surface area contributed by atoms with E-state index in [0.29, 0.717) is 25.7 Å². The predicted octanol–water partition coefficient (Wildman–Crippen LogP) is 24.1. The number of aliphatic hydroxyl groups excluding tert-OH is 1. The molecule has 0 aliphatic carbocycles. The van der Waals surface area contributed by atoms with E-state index >= 15 is 0 Å². The normalized spacial score (nSPS) is 14.2. The molecule has 0 rings (SSSR count). The van der Waals surface area contributed by atoms with Gasteiger partial charge < -0.3 is 33.8 Å². The lowest BCUT2D eigenvalue weighted by atomic mass is 9.99. The Labute approximate surface area is 613 Å². The van der Waals surface area contributed by atoms with Crippen molar-refractivity contribution in [3.8, 4) is 0 Å². The Hall–Kier alpha value is -1.94. The van der Waals surface area contributed by atoms with Gasteiger partial charge in [-0.15, -0.1) is 0 Å². The molecular formula is C81H158O17P2. The molecule has 100 heavy (non-hydrogen) atoms. The number of esters is 4. The molecule has 0 heterocycles. The van der Waals surface area contributed by atoms with Crippen LogP contribution in [0.15, 0.2) is 0 Å². The maximum absolute atomic E-state index is 13.1. The van der Waals surface area contributed by atoms with Crippen molar-refractivity contribution in [1.82, 2.24) is 0 Å². The molecule has 0 saturated heterocycles. The van der Waals surface area contributed by atoms with Gasteiger partial charge >= 0.3 is 39.5 Å². The SMILES string of the molecule is CCCCCCCCCCCCCCCCCCCCC(=O)O[C@H](COC(=O)CCCCCCCCCCCCCCC(C)C)COP(=O)(O)OC[C@@H](O)COP(=O)(O)OC[C@@H](COC(=O)CCCCCCCCCCC(C)CC)OC(=O)CCCCCCCCCCCCCCC(C)C. The first kappa shape index (κ1) is 98.1. The molecule has 0 aliphatic rings. The molecule has 0 fully saturated rings. The molecule has 0 bridgehead atoms. The van der Waals surface area contributed by atoms with Gasteiger partial charge in [0.05, 0.1) is 26.4 Å². The second-order valence-corrected chi connectivity index (χ2v) is 33.3. The maximum Gasteiger partial charge on any atom is 0.472 e. The molecule has 0 aromatic heterocycles. The van der Waals surface area contributed by atoms with Gasteiger partial charge in [0, 0.05) is 25.7 Å². The molecule has 0 saturated carbocycles. The smallest absolute Gasteiger partial charge is 0.462 e. The van der Waals surface area contributed by atoms with Crippen LogP contribution < -0.4 is 0 Å². The molecule has 0 amide bonds. The summed E-state index contributed by atoms with van der Waals surface area (Å²) in [6.07, 6.45) is 59.5. The fraction of sp³-hybridized carbons (Fsp3) is 0.951. The van der Waals surface area contributed by atoms with Crippen LogP contribution in [0.4, 0.5) is 0 Å². The van der Waals surface area contributed by atoms with Gasteiger partial charge in [-0.2, -0.15) is 0 Å². The quantitative estimate of drug-likeness (QED) is 0.0222. The Morgan fingerprint density at radius 1 is 0.290 bits per heavy atom. The molecule has 594 valence electrons. The second-order valence-electron chi connectivity index (χ2n) is 30.4. The Balaban J connectivity index is 5.27. The summed E-state index contributed by atoms with van der Waals surface area (Å²) in [6.45, 7) is 12.0. The zero-order chi connectivity index (χ0) is 73.7. The third-order valence-corrected chi connectivity index (χ3v) is 21.1. The summed E-state index contributed by atoms with van der Waals surface area (Å²) in [6, 6.07) is 0. The number of ether oxygens (including phenoxy) is 4. The molecule has 17 nitrogen and oxygen atoms in total. The maximum atomic E-state index is 13.1. The Morgan fingerprint density at radius 2 is 0.510 bits per heavy atom. The van der Waals surface area contributed by atoms with E-state index in [9.17, 15) is 43.2 Å². The van der Waals surface area contributed by atoms with Crippen LogP contribution >= 0.6 is 15.6 Å². The number of aliphatic hydroxyl groups is 1. The van der Waals surface area contributed by atoms with Gasteiger partial charge in [0.1, 0.15) is 19.3 Å². The van der Waals surface area contributed by atoms with Gasteiger partial charge in [-0.05, 0) is 43.4 Å². The van der Waals surface area contributed by atoms with Crippen molar-refractivity contribution < 1.29 is 80.2 Å². The lowest BCUT2D eigenvalue weighted by Crippen LogP contribution is -2.30. The number of unbranched alkanes of at least 4 members (excludes halogenated alkanes) is 46. The van der Waals surface area contributed by atoms with Crippen LogP contribution in [0.2, 0.25) is 0 Å². The average molecular weight is 1470 g/mol. The highest BCUT2D eigenvalue weighted by Crippen LogP contribution is 2.45. The van der Waals surface area contributed by atoms with E-state index in [0.717, 1.165) is 108 Å². The Morgan fingerprint density at radius 3 is 0.760 bits per heavy atom. The minimum Gasteiger partial charge on any atom is -0.462 e. The van der Waals surface area contributed by atoms with Crippen molar-refractivity contribution in [2.24, 2.45) is 17.8 Å². The summed E-state index contributed by atoms with van der Waals surface area (Å²) in [7, 11) is -9.92. The van der Waals surface area contributed by atoms with Gasteiger partial charge in [-0.3, -0.25) is 37.3 Å². The van der Waals surface area contributed by atoms with Crippen LogP contribution in [0.5, 0.6) is 0 Å². The number of hydrogen-bond acceptors (Lipinski definition) is 15. The lowest BCUT2D eigenvalue weighted by molar-refractivity contribution is -0.161. The topological polar surface area (TPSA) is 237 Å². The van der Waals surface area contributed by atoms with E-state index in [1.165, 1.54) is 231 Å². The van der Waals surface area contributed by atoms with Gasteiger partial charge in [0.25, 0.3) is 0 Å². The molecule has 0 aliphatic heterocycles. The van der Waals surface area contributed by atoms with Crippen LogP contribution in [0.25, 0.3) is 0 Å². The summed E-state index contributed by atoms with van der Waals surface area (Å²) in [5.74, 6) is 0.226. The Kier molecular flexibility index (Phi) is 69.9. The molecule has 0 aromatic carbocycles. The molecule has 6 atom stereocenters. The van der Waals surface area contributed by atoms with Gasteiger partial charge in [-0.1, -0.05) is 370 Å². The molecule has 0 radical (unpaired) electrons. The summed E-state index contributed by atoms with van der Waals surface area (Å²) in [4.78, 5) is 73.1. The van der Waals surface area contributed by atoms with Gasteiger partial charge in [-0.25, -0.2) is 9.13 Å². The van der Waals surface area contributed by atoms with Crippen LogP contribution in [-0.2, 0) is 65.4 Å². The highest BCUT2D eigenvalue weighted by atomic mass is 31.2. The van der Waals surface area contributed by atoms with Crippen LogP contribution in [0, 0.1) is 17.8 Å². The van der Waals surface area contributed by atoms with Crippen molar-refractivity contribution in [2.45, 2.75) is 439 Å². The monoisotopic (exact) mass is 1470 g/mol. The number of phosphoric acid groups is 2.